The van der Waals surface area contributed by atoms with Crippen LogP contribution in [0.4, 0.5) is 0 Å². The third-order valence-corrected chi connectivity index (χ3v) is 12.3. The summed E-state index contributed by atoms with van der Waals surface area (Å²) in [5.41, 5.74) is 13.3. The average Bonchev–Trinajstić information content (AvgIpc) is 4.01. The van der Waals surface area contributed by atoms with Crippen molar-refractivity contribution >= 4 is 71.1 Å². The number of hydrogen-bond donors (Lipinski definition) is 0. The van der Waals surface area contributed by atoms with Crippen LogP contribution in [0.5, 0.6) is 0 Å². The van der Waals surface area contributed by atoms with E-state index in [1.807, 2.05) is 34.8 Å². The number of aromatic nitrogens is 6. The Kier molecular flexibility index (Phi) is 7.21. The molecule has 0 atom stereocenters. The Balaban J connectivity index is 0.951. The van der Waals surface area contributed by atoms with Gasteiger partial charge in [-0.1, -0.05) is 146 Å². The molecule has 4 aromatic heterocycles. The number of para-hydroxylation sites is 3. The number of fused-ring (bicyclic) bond motifs is 10. The number of benzene rings is 9. The number of nitrogens with zero attached hydrogens (tertiary/aromatic N) is 6. The maximum absolute atomic E-state index is 5.02. The van der Waals surface area contributed by atoms with Crippen LogP contribution in [0, 0.1) is 0 Å². The largest absolute Gasteiger partial charge is 0.309 e. The number of rotatable bonds is 5. The van der Waals surface area contributed by atoms with Crippen LogP contribution in [0.3, 0.4) is 0 Å². The minimum Gasteiger partial charge on any atom is -0.309 e. The van der Waals surface area contributed by atoms with Gasteiger partial charge in [0, 0.05) is 49.4 Å². The molecule has 0 radical (unpaired) electrons. The van der Waals surface area contributed by atoms with Gasteiger partial charge in [-0.05, 0) is 82.6 Å². The van der Waals surface area contributed by atoms with Crippen LogP contribution in [0.25, 0.3) is 116 Å². The normalized spacial score (nSPS) is 11.9. The first-order chi connectivity index (χ1) is 30.2. The highest BCUT2D eigenvalue weighted by Gasteiger charge is 2.20. The molecule has 0 saturated carbocycles. The Morgan fingerprint density at radius 2 is 0.869 bits per heavy atom. The topological polar surface area (TPSA) is 52.9 Å². The zero-order valence-electron chi connectivity index (χ0n) is 32.8. The van der Waals surface area contributed by atoms with Gasteiger partial charge >= 0.3 is 0 Å². The van der Waals surface area contributed by atoms with Crippen molar-refractivity contribution < 1.29 is 0 Å². The molecule has 61 heavy (non-hydrogen) atoms. The second-order valence-corrected chi connectivity index (χ2v) is 15.7. The maximum Gasteiger partial charge on any atom is 0.253 e. The first-order valence-corrected chi connectivity index (χ1v) is 20.6. The van der Waals surface area contributed by atoms with Crippen LogP contribution < -0.4 is 0 Å². The maximum atomic E-state index is 5.02. The van der Waals surface area contributed by atoms with E-state index in [9.17, 15) is 0 Å². The summed E-state index contributed by atoms with van der Waals surface area (Å²) in [6.45, 7) is 0. The highest BCUT2D eigenvalue weighted by atomic mass is 15.3. The molecule has 0 N–H and O–H groups in total. The first kappa shape index (κ1) is 33.6. The summed E-state index contributed by atoms with van der Waals surface area (Å²) < 4.78 is 6.71. The second kappa shape index (κ2) is 13.1. The van der Waals surface area contributed by atoms with E-state index in [-0.39, 0.29) is 0 Å². The van der Waals surface area contributed by atoms with Crippen molar-refractivity contribution in [3.8, 4) is 45.1 Å². The highest BCUT2D eigenvalue weighted by Crippen LogP contribution is 2.40. The lowest BCUT2D eigenvalue weighted by molar-refractivity contribution is 0.989. The molecule has 0 saturated heterocycles. The molecule has 4 heterocycles. The van der Waals surface area contributed by atoms with E-state index in [0.29, 0.717) is 11.6 Å². The van der Waals surface area contributed by atoms with Crippen molar-refractivity contribution in [2.24, 2.45) is 0 Å². The average molecular weight is 779 g/mol. The quantitative estimate of drug-likeness (QED) is 0.175. The van der Waals surface area contributed by atoms with E-state index in [4.69, 9.17) is 15.1 Å². The lowest BCUT2D eigenvalue weighted by Crippen LogP contribution is -1.97. The summed E-state index contributed by atoms with van der Waals surface area (Å²) in [5, 5.41) is 13.2. The summed E-state index contributed by atoms with van der Waals surface area (Å²) in [6, 6.07) is 73.6. The zero-order chi connectivity index (χ0) is 40.0. The van der Waals surface area contributed by atoms with E-state index in [1.54, 1.807) is 0 Å². The molecule has 0 bridgehead atoms. The Hall–Kier alpha value is -8.35. The molecule has 0 aliphatic heterocycles. The SMILES string of the molecule is c1ccc(-c2cccc(-n3c4ccccc4c4cc5c(cc43)c3ccccc3n5-c3ccc4cc(-c5nc6nc(-c7ccccc7)c7ccccc7n6n5)ccc4c3)c2)cc1. The van der Waals surface area contributed by atoms with Crippen LogP contribution in [-0.2, 0) is 0 Å². The molecule has 13 aromatic rings. The first-order valence-electron chi connectivity index (χ1n) is 20.6. The Morgan fingerprint density at radius 3 is 1.57 bits per heavy atom. The molecule has 13 rings (SSSR count). The molecule has 0 aliphatic rings. The van der Waals surface area contributed by atoms with Gasteiger partial charge in [-0.25, -0.2) is 4.98 Å². The third-order valence-electron chi connectivity index (χ3n) is 12.3. The van der Waals surface area contributed by atoms with Gasteiger partial charge in [-0.2, -0.15) is 9.50 Å². The van der Waals surface area contributed by atoms with Crippen LogP contribution in [-0.4, -0.2) is 28.7 Å². The summed E-state index contributed by atoms with van der Waals surface area (Å²) in [6.07, 6.45) is 0. The fraction of sp³-hybridized carbons (Fsp3) is 0. The predicted octanol–water partition coefficient (Wildman–Crippen LogP) is 13.6. The van der Waals surface area contributed by atoms with Gasteiger partial charge in [-0.15, -0.1) is 5.10 Å². The second-order valence-electron chi connectivity index (χ2n) is 15.7. The van der Waals surface area contributed by atoms with Gasteiger partial charge in [0.1, 0.15) is 0 Å². The lowest BCUT2D eigenvalue weighted by atomic mass is 10.1. The van der Waals surface area contributed by atoms with E-state index in [1.165, 1.54) is 54.7 Å². The minimum absolute atomic E-state index is 0.576. The summed E-state index contributed by atoms with van der Waals surface area (Å²) >= 11 is 0. The van der Waals surface area contributed by atoms with Crippen LogP contribution >= 0.6 is 0 Å². The smallest absolute Gasteiger partial charge is 0.253 e. The molecule has 284 valence electrons. The third kappa shape index (κ3) is 5.19. The lowest BCUT2D eigenvalue weighted by Gasteiger charge is -2.11. The van der Waals surface area contributed by atoms with Gasteiger partial charge in [0.2, 0.25) is 0 Å². The van der Waals surface area contributed by atoms with Crippen molar-refractivity contribution in [1.29, 1.82) is 0 Å². The van der Waals surface area contributed by atoms with Crippen molar-refractivity contribution in [3.63, 3.8) is 0 Å². The fourth-order valence-corrected chi connectivity index (χ4v) is 9.45. The van der Waals surface area contributed by atoms with Gasteiger partial charge in [-0.3, -0.25) is 0 Å². The zero-order valence-corrected chi connectivity index (χ0v) is 32.8. The van der Waals surface area contributed by atoms with Gasteiger partial charge in [0.05, 0.1) is 33.3 Å². The summed E-state index contributed by atoms with van der Waals surface area (Å²) in [7, 11) is 0. The molecular weight excluding hydrogens is 745 g/mol. The molecule has 6 nitrogen and oxygen atoms in total. The molecule has 0 aliphatic carbocycles. The highest BCUT2D eigenvalue weighted by molar-refractivity contribution is 6.19. The van der Waals surface area contributed by atoms with Gasteiger partial charge < -0.3 is 9.13 Å². The standard InChI is InChI=1S/C55H34N6/c1-3-14-35(15-4-1)37-18-13-19-41(31-37)59-48-23-10-7-20-43(48)46-34-52-47(33-51(46)59)44-21-8-11-24-49(44)60(52)42-29-28-38-30-40(27-26-39(38)32-42)54-57-55-56-53(36-16-5-2-6-17-36)45-22-9-12-25-50(45)61(55)58-54/h1-34H. The minimum atomic E-state index is 0.576. The van der Waals surface area contributed by atoms with E-state index in [0.717, 1.165) is 49.9 Å². The van der Waals surface area contributed by atoms with E-state index in [2.05, 4.69) is 185 Å². The van der Waals surface area contributed by atoms with E-state index < -0.39 is 0 Å². The molecule has 0 fully saturated rings. The molecule has 0 unspecified atom stereocenters. The van der Waals surface area contributed by atoms with Crippen molar-refractivity contribution in [2.75, 3.05) is 0 Å². The Labute approximate surface area is 349 Å². The predicted molar refractivity (Wildman–Crippen MR) is 251 cm³/mol. The van der Waals surface area contributed by atoms with Crippen LogP contribution in [0.2, 0.25) is 0 Å². The number of hydrogen-bond acceptors (Lipinski definition) is 3. The monoisotopic (exact) mass is 778 g/mol. The summed E-state index contributed by atoms with van der Waals surface area (Å²) in [4.78, 5) is 10.00. The van der Waals surface area contributed by atoms with Gasteiger partial charge in [0.25, 0.3) is 5.78 Å². The molecular formula is C55H34N6. The van der Waals surface area contributed by atoms with Crippen molar-refractivity contribution in [1.82, 2.24) is 28.7 Å². The molecule has 6 heteroatoms. The van der Waals surface area contributed by atoms with Crippen LogP contribution in [0.15, 0.2) is 206 Å². The van der Waals surface area contributed by atoms with Crippen molar-refractivity contribution in [2.45, 2.75) is 0 Å². The van der Waals surface area contributed by atoms with E-state index >= 15 is 0 Å². The van der Waals surface area contributed by atoms with Gasteiger partial charge in [0.15, 0.2) is 5.82 Å². The van der Waals surface area contributed by atoms with Crippen molar-refractivity contribution in [3.05, 3.63) is 206 Å². The summed E-state index contributed by atoms with van der Waals surface area (Å²) in [5.74, 6) is 1.22. The molecule has 0 spiro atoms. The van der Waals surface area contributed by atoms with Crippen LogP contribution in [0.1, 0.15) is 0 Å². The molecule has 0 amide bonds. The Bertz CT molecular complexity index is 3880. The molecule has 9 aromatic carbocycles. The fourth-order valence-electron chi connectivity index (χ4n) is 9.45. The Morgan fingerprint density at radius 1 is 0.311 bits per heavy atom.